The number of anilines is 1. The van der Waals surface area contributed by atoms with Crippen molar-refractivity contribution in [3.63, 3.8) is 0 Å². The minimum Gasteiger partial charge on any atom is -0.350 e. The van der Waals surface area contributed by atoms with Crippen molar-refractivity contribution in [1.82, 2.24) is 4.57 Å². The molecule has 7 heteroatoms. The maximum atomic E-state index is 12.3. The van der Waals surface area contributed by atoms with Gasteiger partial charge in [-0.25, -0.2) is 0 Å². The average molecular weight is 362 g/mol. The summed E-state index contributed by atoms with van der Waals surface area (Å²) in [7, 11) is 2.70. The van der Waals surface area contributed by atoms with Gasteiger partial charge in [-0.3, -0.25) is 4.79 Å². The second-order valence-corrected chi connectivity index (χ2v) is 7.78. The van der Waals surface area contributed by atoms with Crippen molar-refractivity contribution < 1.29 is 4.79 Å². The molecule has 2 aromatic rings. The van der Waals surface area contributed by atoms with E-state index in [4.69, 9.17) is 34.8 Å². The lowest BCUT2D eigenvalue weighted by atomic mass is 10.1. The first kappa shape index (κ1) is 15.2. The van der Waals surface area contributed by atoms with Crippen molar-refractivity contribution in [3.05, 3.63) is 53.3 Å². The summed E-state index contributed by atoms with van der Waals surface area (Å²) < 4.78 is 2.03. The van der Waals surface area contributed by atoms with E-state index in [1.54, 1.807) is 6.07 Å². The molecule has 21 heavy (non-hydrogen) atoms. The molecule has 110 valence electrons. The maximum absolute atomic E-state index is 12.3. The summed E-state index contributed by atoms with van der Waals surface area (Å²) in [6, 6.07) is 11.7. The van der Waals surface area contributed by atoms with Crippen molar-refractivity contribution >= 4 is 55.7 Å². The van der Waals surface area contributed by atoms with Crippen molar-refractivity contribution in [2.75, 3.05) is 4.67 Å². The molecule has 1 aromatic heterocycles. The van der Waals surface area contributed by atoms with Crippen LogP contribution in [0.15, 0.2) is 36.4 Å². The highest BCUT2D eigenvalue weighted by Gasteiger charge is 2.34. The van der Waals surface area contributed by atoms with E-state index in [9.17, 15) is 4.79 Å². The molecular formula is C14H12Cl3N2OP. The number of alkyl halides is 3. The summed E-state index contributed by atoms with van der Waals surface area (Å²) in [6.07, 6.45) is 0. The predicted octanol–water partition coefficient (Wildman–Crippen LogP) is 4.20. The number of hydrogen-bond donors (Lipinski definition) is 0. The fourth-order valence-corrected chi connectivity index (χ4v) is 3.26. The number of fused-ring (bicyclic) bond motifs is 2. The Hall–Kier alpha value is -0.730. The van der Waals surface area contributed by atoms with Crippen LogP contribution in [-0.4, -0.2) is 14.1 Å². The molecular weight excluding hydrogens is 349 g/mol. The summed E-state index contributed by atoms with van der Waals surface area (Å²) in [5.74, 6) is -0.506. The Bertz CT molecular complexity index is 708. The van der Waals surface area contributed by atoms with Gasteiger partial charge in [0.25, 0.3) is 3.79 Å². The van der Waals surface area contributed by atoms with Crippen molar-refractivity contribution in [3.8, 4) is 0 Å². The zero-order valence-corrected chi connectivity index (χ0v) is 14.3. The zero-order valence-electron chi connectivity index (χ0n) is 10.9. The average Bonchev–Trinajstić information content (AvgIpc) is 2.74. The van der Waals surface area contributed by atoms with E-state index < -0.39 is 9.58 Å². The first-order chi connectivity index (χ1) is 9.88. The predicted molar refractivity (Wildman–Crippen MR) is 90.5 cm³/mol. The largest absolute Gasteiger partial charge is 0.350 e. The highest BCUT2D eigenvalue weighted by molar-refractivity contribution is 7.19. The Balaban J connectivity index is 2.09. The van der Waals surface area contributed by atoms with Crippen LogP contribution in [0.1, 0.15) is 21.7 Å². The van der Waals surface area contributed by atoms with Crippen LogP contribution in [-0.2, 0) is 13.1 Å². The van der Waals surface area contributed by atoms with Crippen LogP contribution in [0.4, 0.5) is 5.69 Å². The van der Waals surface area contributed by atoms with Crippen molar-refractivity contribution in [2.45, 2.75) is 16.9 Å². The number of para-hydroxylation sites is 1. The Kier molecular flexibility index (Phi) is 3.96. The summed E-state index contributed by atoms with van der Waals surface area (Å²) in [5.41, 5.74) is 3.64. The van der Waals surface area contributed by atoms with Gasteiger partial charge in [-0.15, -0.1) is 0 Å². The monoisotopic (exact) mass is 360 g/mol. The molecule has 1 aliphatic rings. The second-order valence-electron chi connectivity index (χ2n) is 4.88. The summed E-state index contributed by atoms with van der Waals surface area (Å²) in [4.78, 5) is 12.3. The fourth-order valence-electron chi connectivity index (χ4n) is 2.53. The van der Waals surface area contributed by atoms with Crippen LogP contribution < -0.4 is 4.67 Å². The Morgan fingerprint density at radius 1 is 1.10 bits per heavy atom. The molecule has 1 aromatic carbocycles. The second kappa shape index (κ2) is 5.48. The third-order valence-electron chi connectivity index (χ3n) is 3.52. The smallest absolute Gasteiger partial charge is 0.255 e. The normalized spacial score (nSPS) is 14.4. The summed E-state index contributed by atoms with van der Waals surface area (Å²) in [6.45, 7) is 1.24. The standard InChI is InChI=1S/C14H12Cl3N2OP/c15-14(16,17)13(20)12-6-5-10-8-19(21)11-4-2-1-3-9(11)7-18(10)12/h1-6H,7-8,21H2. The van der Waals surface area contributed by atoms with Crippen molar-refractivity contribution in [1.29, 1.82) is 0 Å². The third-order valence-corrected chi connectivity index (χ3v) is 4.50. The van der Waals surface area contributed by atoms with Crippen LogP contribution in [0.2, 0.25) is 0 Å². The first-order valence-electron chi connectivity index (χ1n) is 6.28. The lowest BCUT2D eigenvalue weighted by molar-refractivity contribution is 0.0987. The van der Waals surface area contributed by atoms with E-state index in [2.05, 4.69) is 14.1 Å². The van der Waals surface area contributed by atoms with Gasteiger partial charge in [0.15, 0.2) is 0 Å². The van der Waals surface area contributed by atoms with E-state index in [0.717, 1.165) is 16.9 Å². The number of ketones is 1. The van der Waals surface area contributed by atoms with Gasteiger partial charge in [-0.2, -0.15) is 0 Å². The Morgan fingerprint density at radius 3 is 2.52 bits per heavy atom. The maximum Gasteiger partial charge on any atom is 0.255 e. The van der Waals surface area contributed by atoms with Gasteiger partial charge in [0.2, 0.25) is 5.78 Å². The van der Waals surface area contributed by atoms with Crippen LogP contribution in [0, 0.1) is 0 Å². The first-order valence-corrected chi connectivity index (χ1v) is 7.93. The molecule has 3 rings (SSSR count). The molecule has 0 radical (unpaired) electrons. The number of aromatic nitrogens is 1. The summed E-state index contributed by atoms with van der Waals surface area (Å²) in [5, 5.41) is 0. The fraction of sp³-hybridized carbons (Fsp3) is 0.214. The third kappa shape index (κ3) is 2.80. The molecule has 3 nitrogen and oxygen atoms in total. The van der Waals surface area contributed by atoms with Gasteiger partial charge in [-0.1, -0.05) is 53.0 Å². The number of carbonyl (C=O) groups excluding carboxylic acids is 1. The summed E-state index contributed by atoms with van der Waals surface area (Å²) >= 11 is 17.2. The van der Waals surface area contributed by atoms with Gasteiger partial charge < -0.3 is 9.24 Å². The van der Waals surface area contributed by atoms with E-state index in [1.165, 1.54) is 0 Å². The minimum atomic E-state index is -1.94. The minimum absolute atomic E-state index is 0.417. The number of benzene rings is 1. The Morgan fingerprint density at radius 2 is 1.81 bits per heavy atom. The van der Waals surface area contributed by atoms with E-state index in [1.807, 2.05) is 34.9 Å². The highest BCUT2D eigenvalue weighted by atomic mass is 35.6. The number of Topliss-reactive ketones (excluding diaryl/α,β-unsaturated/α-hetero) is 1. The Labute approximate surface area is 140 Å². The molecule has 2 heterocycles. The topological polar surface area (TPSA) is 25.2 Å². The van der Waals surface area contributed by atoms with Crippen LogP contribution in [0.25, 0.3) is 0 Å². The van der Waals surface area contributed by atoms with Crippen molar-refractivity contribution in [2.24, 2.45) is 0 Å². The van der Waals surface area contributed by atoms with Gasteiger partial charge in [-0.05, 0) is 33.2 Å². The lowest BCUT2D eigenvalue weighted by Crippen LogP contribution is -2.23. The molecule has 1 atom stereocenters. The van der Waals surface area contributed by atoms with E-state index in [0.29, 0.717) is 18.8 Å². The number of rotatable bonds is 1. The molecule has 0 amide bonds. The molecule has 0 saturated carbocycles. The lowest BCUT2D eigenvalue weighted by Gasteiger charge is -2.17. The van der Waals surface area contributed by atoms with Crippen LogP contribution >= 0.6 is 44.2 Å². The van der Waals surface area contributed by atoms with Crippen LogP contribution in [0.5, 0.6) is 0 Å². The molecule has 0 saturated heterocycles. The molecule has 0 spiro atoms. The number of halogens is 3. The molecule has 1 aliphatic heterocycles. The SMILES string of the molecule is O=C(c1ccc2n1Cc1ccccc1N(P)C2)C(Cl)(Cl)Cl. The van der Waals surface area contributed by atoms with Gasteiger partial charge in [0, 0.05) is 11.4 Å². The van der Waals surface area contributed by atoms with Gasteiger partial charge in [0.05, 0.1) is 18.8 Å². The number of nitrogens with zero attached hydrogens (tertiary/aromatic N) is 2. The van der Waals surface area contributed by atoms with E-state index >= 15 is 0 Å². The van der Waals surface area contributed by atoms with Gasteiger partial charge in [0.1, 0.15) is 0 Å². The van der Waals surface area contributed by atoms with Crippen LogP contribution in [0.3, 0.4) is 0 Å². The molecule has 0 fully saturated rings. The molecule has 0 aliphatic carbocycles. The zero-order chi connectivity index (χ0) is 15.2. The van der Waals surface area contributed by atoms with Gasteiger partial charge >= 0.3 is 0 Å². The number of carbonyl (C=O) groups is 1. The number of hydrogen-bond acceptors (Lipinski definition) is 2. The molecule has 0 bridgehead atoms. The molecule has 0 N–H and O–H groups in total. The highest BCUT2D eigenvalue weighted by Crippen LogP contribution is 2.34. The van der Waals surface area contributed by atoms with E-state index in [-0.39, 0.29) is 0 Å². The quantitative estimate of drug-likeness (QED) is 0.432. The molecule has 1 unspecified atom stereocenters.